The van der Waals surface area contributed by atoms with Crippen LogP contribution in [0.15, 0.2) is 29.2 Å². The third-order valence-corrected chi connectivity index (χ3v) is 3.65. The second kappa shape index (κ2) is 8.60. The first-order valence-corrected chi connectivity index (χ1v) is 7.63. The Hall–Kier alpha value is -0.470. The molecular weight excluding hydrogens is 226 g/mol. The zero-order valence-corrected chi connectivity index (χ0v) is 12.1. The summed E-state index contributed by atoms with van der Waals surface area (Å²) in [5, 5.41) is 3.44. The van der Waals surface area contributed by atoms with E-state index in [4.69, 9.17) is 0 Å². The molecule has 1 rings (SSSR count). The minimum absolute atomic E-state index is 0.803. The molecule has 1 aromatic rings. The van der Waals surface area contributed by atoms with Crippen molar-refractivity contribution in [3.8, 4) is 0 Å². The van der Waals surface area contributed by atoms with Gasteiger partial charge in [-0.1, -0.05) is 32.9 Å². The summed E-state index contributed by atoms with van der Waals surface area (Å²) in [6.45, 7) is 8.86. The lowest BCUT2D eigenvalue weighted by atomic mass is 10.2. The summed E-state index contributed by atoms with van der Waals surface area (Å²) in [4.78, 5) is 1.40. The molecule has 0 spiro atoms. The Labute approximate surface area is 110 Å². The molecule has 17 heavy (non-hydrogen) atoms. The second-order valence-corrected chi connectivity index (χ2v) is 6.02. The summed E-state index contributed by atoms with van der Waals surface area (Å²) in [6.07, 6.45) is 2.49. The normalized spacial score (nSPS) is 11.1. The van der Waals surface area contributed by atoms with Gasteiger partial charge >= 0.3 is 0 Å². The molecule has 0 saturated carbocycles. The molecule has 0 aliphatic rings. The van der Waals surface area contributed by atoms with Gasteiger partial charge in [-0.2, -0.15) is 0 Å². The minimum Gasteiger partial charge on any atom is -0.313 e. The van der Waals surface area contributed by atoms with Crippen LogP contribution in [0.4, 0.5) is 0 Å². The summed E-state index contributed by atoms with van der Waals surface area (Å²) in [5.74, 6) is 2.03. The molecule has 0 aromatic heterocycles. The highest BCUT2D eigenvalue weighted by Gasteiger charge is 1.98. The van der Waals surface area contributed by atoms with Crippen LogP contribution in [-0.4, -0.2) is 12.3 Å². The molecule has 0 amide bonds. The number of hydrogen-bond acceptors (Lipinski definition) is 2. The van der Waals surface area contributed by atoms with Crippen LogP contribution in [0.3, 0.4) is 0 Å². The second-order valence-electron chi connectivity index (χ2n) is 4.86. The Morgan fingerprint density at radius 2 is 2.12 bits per heavy atom. The maximum absolute atomic E-state index is 3.44. The van der Waals surface area contributed by atoms with Crippen molar-refractivity contribution in [2.45, 2.75) is 45.1 Å². The van der Waals surface area contributed by atoms with E-state index in [2.05, 4.69) is 50.4 Å². The van der Waals surface area contributed by atoms with Crippen molar-refractivity contribution in [2.75, 3.05) is 12.3 Å². The van der Waals surface area contributed by atoms with Crippen molar-refractivity contribution in [3.05, 3.63) is 29.8 Å². The van der Waals surface area contributed by atoms with E-state index in [1.807, 2.05) is 11.8 Å². The molecule has 0 heterocycles. The third kappa shape index (κ3) is 6.75. The zero-order valence-electron chi connectivity index (χ0n) is 11.3. The van der Waals surface area contributed by atoms with E-state index in [0.717, 1.165) is 19.0 Å². The molecule has 1 N–H and O–H groups in total. The van der Waals surface area contributed by atoms with E-state index in [0.29, 0.717) is 0 Å². The Bertz CT molecular complexity index is 310. The van der Waals surface area contributed by atoms with Gasteiger partial charge in [0.15, 0.2) is 0 Å². The smallest absolute Gasteiger partial charge is 0.0205 e. The van der Waals surface area contributed by atoms with Crippen LogP contribution >= 0.6 is 11.8 Å². The lowest BCUT2D eigenvalue weighted by Crippen LogP contribution is -2.13. The fourth-order valence-electron chi connectivity index (χ4n) is 1.57. The summed E-state index contributed by atoms with van der Waals surface area (Å²) in [5.41, 5.74) is 1.40. The molecule has 0 aliphatic heterocycles. The first-order chi connectivity index (χ1) is 8.22. The van der Waals surface area contributed by atoms with Crippen molar-refractivity contribution >= 4 is 11.8 Å². The standard InChI is InChI=1S/C15H25NS/c1-4-9-16-12-14-6-5-7-15(11-14)17-10-8-13(2)3/h5-7,11,13,16H,4,8-10,12H2,1-3H3. The molecule has 0 atom stereocenters. The molecular formula is C15H25NS. The molecule has 1 aromatic carbocycles. The minimum atomic E-state index is 0.803. The van der Waals surface area contributed by atoms with Crippen LogP contribution < -0.4 is 5.32 Å². The molecule has 1 nitrogen and oxygen atoms in total. The monoisotopic (exact) mass is 251 g/mol. The molecule has 0 fully saturated rings. The molecule has 0 aliphatic carbocycles. The highest BCUT2D eigenvalue weighted by Crippen LogP contribution is 2.21. The van der Waals surface area contributed by atoms with Crippen LogP contribution in [0.5, 0.6) is 0 Å². The molecule has 2 heteroatoms. The fourth-order valence-corrected chi connectivity index (χ4v) is 2.80. The predicted molar refractivity (Wildman–Crippen MR) is 78.6 cm³/mol. The van der Waals surface area contributed by atoms with Gasteiger partial charge in [0.1, 0.15) is 0 Å². The quantitative estimate of drug-likeness (QED) is 0.545. The number of nitrogens with one attached hydrogen (secondary N) is 1. The molecule has 0 radical (unpaired) electrons. The maximum Gasteiger partial charge on any atom is 0.0205 e. The summed E-state index contributed by atoms with van der Waals surface area (Å²) in [6, 6.07) is 8.90. The van der Waals surface area contributed by atoms with Crippen molar-refractivity contribution in [2.24, 2.45) is 5.92 Å². The van der Waals surface area contributed by atoms with Gasteiger partial charge in [0, 0.05) is 11.4 Å². The predicted octanol–water partition coefficient (Wildman–Crippen LogP) is 4.32. The SMILES string of the molecule is CCCNCc1cccc(SCCC(C)C)c1. The van der Waals surface area contributed by atoms with Gasteiger partial charge in [0.25, 0.3) is 0 Å². The van der Waals surface area contributed by atoms with E-state index in [1.54, 1.807) is 0 Å². The first kappa shape index (κ1) is 14.6. The van der Waals surface area contributed by atoms with Crippen LogP contribution in [-0.2, 0) is 6.54 Å². The topological polar surface area (TPSA) is 12.0 Å². The van der Waals surface area contributed by atoms with Gasteiger partial charge in [-0.3, -0.25) is 0 Å². The molecule has 0 unspecified atom stereocenters. The third-order valence-electron chi connectivity index (χ3n) is 2.62. The van der Waals surface area contributed by atoms with Crippen LogP contribution in [0, 0.1) is 5.92 Å². The van der Waals surface area contributed by atoms with Gasteiger partial charge in [0.05, 0.1) is 0 Å². The van der Waals surface area contributed by atoms with Crippen molar-refractivity contribution in [1.82, 2.24) is 5.32 Å². The number of rotatable bonds is 8. The average Bonchev–Trinajstić information content (AvgIpc) is 2.29. The van der Waals surface area contributed by atoms with E-state index in [9.17, 15) is 0 Å². The van der Waals surface area contributed by atoms with Gasteiger partial charge in [-0.15, -0.1) is 11.8 Å². The van der Waals surface area contributed by atoms with Gasteiger partial charge in [-0.25, -0.2) is 0 Å². The maximum atomic E-state index is 3.44. The van der Waals surface area contributed by atoms with Crippen LogP contribution in [0.1, 0.15) is 39.2 Å². The van der Waals surface area contributed by atoms with Crippen LogP contribution in [0.25, 0.3) is 0 Å². The van der Waals surface area contributed by atoms with Crippen LogP contribution in [0.2, 0.25) is 0 Å². The fraction of sp³-hybridized carbons (Fsp3) is 0.600. The van der Waals surface area contributed by atoms with E-state index < -0.39 is 0 Å². The molecule has 0 saturated heterocycles. The number of thioether (sulfide) groups is 1. The van der Waals surface area contributed by atoms with Crippen molar-refractivity contribution < 1.29 is 0 Å². The van der Waals surface area contributed by atoms with Crippen molar-refractivity contribution in [3.63, 3.8) is 0 Å². The average molecular weight is 251 g/mol. The van der Waals surface area contributed by atoms with Gasteiger partial charge in [0.2, 0.25) is 0 Å². The lowest BCUT2D eigenvalue weighted by molar-refractivity contribution is 0.632. The summed E-state index contributed by atoms with van der Waals surface area (Å²) in [7, 11) is 0. The van der Waals surface area contributed by atoms with Gasteiger partial charge in [-0.05, 0) is 48.8 Å². The van der Waals surface area contributed by atoms with Crippen molar-refractivity contribution in [1.29, 1.82) is 0 Å². The highest BCUT2D eigenvalue weighted by atomic mass is 32.2. The molecule has 0 bridgehead atoms. The van der Waals surface area contributed by atoms with E-state index >= 15 is 0 Å². The number of hydrogen-bond donors (Lipinski definition) is 1. The van der Waals surface area contributed by atoms with Gasteiger partial charge < -0.3 is 5.32 Å². The lowest BCUT2D eigenvalue weighted by Gasteiger charge is -2.07. The Kier molecular flexibility index (Phi) is 7.38. The Balaban J connectivity index is 2.37. The summed E-state index contributed by atoms with van der Waals surface area (Å²) >= 11 is 1.97. The number of benzene rings is 1. The Morgan fingerprint density at radius 3 is 2.82 bits per heavy atom. The summed E-state index contributed by atoms with van der Waals surface area (Å²) < 4.78 is 0. The first-order valence-electron chi connectivity index (χ1n) is 6.64. The molecule has 96 valence electrons. The highest BCUT2D eigenvalue weighted by molar-refractivity contribution is 7.99. The zero-order chi connectivity index (χ0) is 12.5. The largest absolute Gasteiger partial charge is 0.313 e. The van der Waals surface area contributed by atoms with E-state index in [1.165, 1.54) is 29.1 Å². The van der Waals surface area contributed by atoms with E-state index in [-0.39, 0.29) is 0 Å². The Morgan fingerprint density at radius 1 is 1.29 bits per heavy atom.